The number of hydrogen-bond donors (Lipinski definition) is 0. The third-order valence-electron chi connectivity index (χ3n) is 5.84. The number of nitrogens with zero attached hydrogens (tertiary/aromatic N) is 6. The van der Waals surface area contributed by atoms with E-state index in [4.69, 9.17) is 16.3 Å². The number of hydrogen-bond acceptors (Lipinski definition) is 6. The van der Waals surface area contributed by atoms with Gasteiger partial charge in [-0.3, -0.25) is 19.6 Å². The number of amides is 2. The van der Waals surface area contributed by atoms with Gasteiger partial charge in [0.1, 0.15) is 23.6 Å². The van der Waals surface area contributed by atoms with E-state index in [-0.39, 0.29) is 24.1 Å². The molecule has 0 spiro atoms. The van der Waals surface area contributed by atoms with Crippen molar-refractivity contribution in [2.75, 3.05) is 25.1 Å². The van der Waals surface area contributed by atoms with Gasteiger partial charge in [0.05, 0.1) is 24.1 Å². The number of fused-ring (bicyclic) bond motifs is 2. The van der Waals surface area contributed by atoms with Crippen LogP contribution in [0.5, 0.6) is 5.75 Å². The molecule has 2 aliphatic heterocycles. The summed E-state index contributed by atoms with van der Waals surface area (Å²) in [6.45, 7) is 2.69. The number of aromatic nitrogens is 4. The molecular formula is C22H21ClN6O3. The largest absolute Gasteiger partial charge is 0.489 e. The molecule has 9 nitrogen and oxygen atoms in total. The fraction of sp³-hybridized carbons (Fsp3) is 0.318. The zero-order valence-electron chi connectivity index (χ0n) is 17.7. The van der Waals surface area contributed by atoms with Crippen LogP contribution in [0.3, 0.4) is 0 Å². The second-order valence-electron chi connectivity index (χ2n) is 7.92. The Labute approximate surface area is 189 Å². The summed E-state index contributed by atoms with van der Waals surface area (Å²) in [5.41, 5.74) is 3.34. The molecule has 2 aromatic heterocycles. The highest BCUT2D eigenvalue weighted by molar-refractivity contribution is 6.31. The van der Waals surface area contributed by atoms with Crippen LogP contribution in [0.15, 0.2) is 36.8 Å². The van der Waals surface area contributed by atoms with Crippen molar-refractivity contribution in [3.8, 4) is 5.75 Å². The molecule has 0 fully saturated rings. The molecule has 3 aromatic rings. The molecule has 2 amide bonds. The lowest BCUT2D eigenvalue weighted by molar-refractivity contribution is -0.123. The normalized spacial score (nSPS) is 18.2. The van der Waals surface area contributed by atoms with E-state index in [1.807, 2.05) is 25.1 Å². The van der Waals surface area contributed by atoms with Crippen molar-refractivity contribution in [1.82, 2.24) is 24.6 Å². The molecule has 0 unspecified atom stereocenters. The highest BCUT2D eigenvalue weighted by Crippen LogP contribution is 2.34. The van der Waals surface area contributed by atoms with Crippen LogP contribution in [0.2, 0.25) is 5.15 Å². The Morgan fingerprint density at radius 1 is 1.25 bits per heavy atom. The molecular weight excluding hydrogens is 432 g/mol. The van der Waals surface area contributed by atoms with Gasteiger partial charge in [0.2, 0.25) is 0 Å². The van der Waals surface area contributed by atoms with E-state index in [0.717, 1.165) is 5.56 Å². The monoisotopic (exact) mass is 452 g/mol. The topological polar surface area (TPSA) is 93.5 Å². The van der Waals surface area contributed by atoms with E-state index in [2.05, 4.69) is 15.1 Å². The van der Waals surface area contributed by atoms with E-state index in [1.54, 1.807) is 35.2 Å². The highest BCUT2D eigenvalue weighted by Gasteiger charge is 2.40. The average Bonchev–Trinajstić information content (AvgIpc) is 3.05. The second kappa shape index (κ2) is 7.90. The zero-order valence-corrected chi connectivity index (χ0v) is 18.4. The van der Waals surface area contributed by atoms with Gasteiger partial charge in [0, 0.05) is 31.5 Å². The van der Waals surface area contributed by atoms with E-state index < -0.39 is 6.04 Å². The van der Waals surface area contributed by atoms with Gasteiger partial charge in [-0.1, -0.05) is 17.7 Å². The highest BCUT2D eigenvalue weighted by atomic mass is 35.5. The van der Waals surface area contributed by atoms with E-state index >= 15 is 0 Å². The van der Waals surface area contributed by atoms with Gasteiger partial charge in [-0.05, 0) is 31.0 Å². The Balaban J connectivity index is 1.42. The lowest BCUT2D eigenvalue weighted by atomic mass is 10.0. The summed E-state index contributed by atoms with van der Waals surface area (Å²) in [5, 5.41) is 4.86. The van der Waals surface area contributed by atoms with Crippen LogP contribution in [0.25, 0.3) is 0 Å². The van der Waals surface area contributed by atoms with Crippen LogP contribution in [-0.2, 0) is 17.8 Å². The Hall–Kier alpha value is -3.46. The summed E-state index contributed by atoms with van der Waals surface area (Å²) >= 11 is 6.53. The number of anilines is 1. The molecule has 0 aliphatic carbocycles. The number of halogens is 1. The summed E-state index contributed by atoms with van der Waals surface area (Å²) in [6, 6.07) is 4.93. The molecule has 1 aromatic carbocycles. The first kappa shape index (κ1) is 20.4. The Bertz CT molecular complexity index is 1210. The quantitative estimate of drug-likeness (QED) is 0.604. The smallest absolute Gasteiger partial charge is 0.275 e. The standard InChI is InChI=1S/C22H21ClN6O3/c1-13-3-4-18-16(9-13)27(2)21(30)17(12-32-18)28-8-5-15-19(22(28)31)26-29(20(15)23)11-14-10-24-6-7-25-14/h3-4,6-7,9-10,17H,5,8,11-12H2,1-2H3/t17-/m0/s1. The van der Waals surface area contributed by atoms with Crippen molar-refractivity contribution >= 4 is 29.1 Å². The third-order valence-corrected chi connectivity index (χ3v) is 6.26. The van der Waals surface area contributed by atoms with Crippen molar-refractivity contribution in [3.63, 3.8) is 0 Å². The number of benzene rings is 1. The van der Waals surface area contributed by atoms with Gasteiger partial charge in [0.25, 0.3) is 11.8 Å². The molecule has 0 saturated heterocycles. The Morgan fingerprint density at radius 2 is 2.09 bits per heavy atom. The minimum Gasteiger partial charge on any atom is -0.489 e. The SMILES string of the molecule is Cc1ccc2c(c1)N(C)C(=O)[C@@H](N1CCc3c(nn(Cc4cnccn4)c3Cl)C1=O)CO2. The molecule has 10 heteroatoms. The number of rotatable bonds is 3. The van der Waals surface area contributed by atoms with Gasteiger partial charge in [-0.2, -0.15) is 5.10 Å². The summed E-state index contributed by atoms with van der Waals surface area (Å²) < 4.78 is 7.48. The van der Waals surface area contributed by atoms with Gasteiger partial charge in [-0.15, -0.1) is 0 Å². The molecule has 2 aliphatic rings. The molecule has 0 N–H and O–H groups in total. The molecule has 0 radical (unpaired) electrons. The summed E-state index contributed by atoms with van der Waals surface area (Å²) in [4.78, 5) is 38.0. The number of carbonyl (C=O) groups is 2. The maximum atomic E-state index is 13.4. The molecule has 4 heterocycles. The number of ether oxygens (including phenoxy) is 1. The van der Waals surface area contributed by atoms with E-state index in [0.29, 0.717) is 47.4 Å². The Kier molecular flexibility index (Phi) is 5.05. The molecule has 0 saturated carbocycles. The van der Waals surface area contributed by atoms with Crippen LogP contribution in [0.4, 0.5) is 5.69 Å². The van der Waals surface area contributed by atoms with Gasteiger partial charge < -0.3 is 14.5 Å². The predicted octanol–water partition coefficient (Wildman–Crippen LogP) is 2.11. The Morgan fingerprint density at radius 3 is 2.88 bits per heavy atom. The van der Waals surface area contributed by atoms with Gasteiger partial charge >= 0.3 is 0 Å². The minimum absolute atomic E-state index is 0.0777. The van der Waals surface area contributed by atoms with Crippen LogP contribution >= 0.6 is 11.6 Å². The van der Waals surface area contributed by atoms with Crippen molar-refractivity contribution < 1.29 is 14.3 Å². The van der Waals surface area contributed by atoms with Crippen molar-refractivity contribution in [1.29, 1.82) is 0 Å². The maximum Gasteiger partial charge on any atom is 0.275 e. The fourth-order valence-electron chi connectivity index (χ4n) is 4.13. The number of carbonyl (C=O) groups excluding carboxylic acids is 2. The first-order valence-corrected chi connectivity index (χ1v) is 10.6. The van der Waals surface area contributed by atoms with Crippen LogP contribution < -0.4 is 9.64 Å². The minimum atomic E-state index is -0.753. The first-order chi connectivity index (χ1) is 15.4. The number of likely N-dealkylation sites (N-methyl/N-ethyl adjacent to an activating group) is 1. The molecule has 5 rings (SSSR count). The van der Waals surface area contributed by atoms with Crippen molar-refractivity contribution in [3.05, 3.63) is 64.5 Å². The van der Waals surface area contributed by atoms with E-state index in [9.17, 15) is 9.59 Å². The predicted molar refractivity (Wildman–Crippen MR) is 117 cm³/mol. The lowest BCUT2D eigenvalue weighted by Gasteiger charge is -2.33. The van der Waals surface area contributed by atoms with Crippen LogP contribution in [0.1, 0.15) is 27.3 Å². The van der Waals surface area contributed by atoms with Crippen molar-refractivity contribution in [2.45, 2.75) is 25.9 Å². The summed E-state index contributed by atoms with van der Waals surface area (Å²) in [6.07, 6.45) is 5.30. The fourth-order valence-corrected chi connectivity index (χ4v) is 4.41. The molecule has 1 atom stereocenters. The summed E-state index contributed by atoms with van der Waals surface area (Å²) in [7, 11) is 1.70. The average molecular weight is 453 g/mol. The molecule has 32 heavy (non-hydrogen) atoms. The van der Waals surface area contributed by atoms with Crippen molar-refractivity contribution in [2.24, 2.45) is 0 Å². The van der Waals surface area contributed by atoms with Gasteiger partial charge in [0.15, 0.2) is 5.69 Å². The van der Waals surface area contributed by atoms with Crippen LogP contribution in [0, 0.1) is 6.92 Å². The first-order valence-electron chi connectivity index (χ1n) is 10.3. The van der Waals surface area contributed by atoms with Gasteiger partial charge in [-0.25, -0.2) is 4.68 Å². The van der Waals surface area contributed by atoms with E-state index in [1.165, 1.54) is 4.90 Å². The summed E-state index contributed by atoms with van der Waals surface area (Å²) in [5.74, 6) is 0.0927. The van der Waals surface area contributed by atoms with Crippen LogP contribution in [-0.4, -0.2) is 62.7 Å². The zero-order chi connectivity index (χ0) is 22.4. The lowest BCUT2D eigenvalue weighted by Crippen LogP contribution is -2.54. The number of aryl methyl sites for hydroxylation is 1. The molecule has 0 bridgehead atoms. The third kappa shape index (κ3) is 3.38. The maximum absolute atomic E-state index is 13.4. The molecule has 164 valence electrons. The second-order valence-corrected chi connectivity index (χ2v) is 8.27.